The maximum absolute atomic E-state index is 5.77. The van der Waals surface area contributed by atoms with E-state index >= 15 is 0 Å². The lowest BCUT2D eigenvalue weighted by Crippen LogP contribution is -2.14. The van der Waals surface area contributed by atoms with E-state index in [1.54, 1.807) is 0 Å². The van der Waals surface area contributed by atoms with E-state index < -0.39 is 0 Å². The van der Waals surface area contributed by atoms with Crippen molar-refractivity contribution in [1.82, 2.24) is 5.32 Å². The zero-order chi connectivity index (χ0) is 15.1. The van der Waals surface area contributed by atoms with Gasteiger partial charge in [0.25, 0.3) is 0 Å². The van der Waals surface area contributed by atoms with Gasteiger partial charge in [-0.1, -0.05) is 48.0 Å². The van der Waals surface area contributed by atoms with Crippen molar-refractivity contribution in [2.24, 2.45) is 0 Å². The molecule has 21 heavy (non-hydrogen) atoms. The van der Waals surface area contributed by atoms with Crippen LogP contribution in [0.4, 0.5) is 0 Å². The van der Waals surface area contributed by atoms with Crippen LogP contribution in [0.2, 0.25) is 0 Å². The summed E-state index contributed by atoms with van der Waals surface area (Å²) < 4.78 is 11.4. The Hall–Kier alpha value is -1.84. The van der Waals surface area contributed by atoms with Gasteiger partial charge in [0.05, 0.1) is 6.61 Å². The van der Waals surface area contributed by atoms with Gasteiger partial charge in [-0.15, -0.1) is 0 Å². The normalized spacial score (nSPS) is 12.1. The lowest BCUT2D eigenvalue weighted by atomic mass is 10.0. The van der Waals surface area contributed by atoms with Crippen molar-refractivity contribution >= 4 is 0 Å². The molecule has 2 rings (SSSR count). The van der Waals surface area contributed by atoms with Gasteiger partial charge in [-0.3, -0.25) is 0 Å². The van der Waals surface area contributed by atoms with Crippen LogP contribution in [-0.4, -0.2) is 13.8 Å². The second kappa shape index (κ2) is 7.81. The fourth-order valence-electron chi connectivity index (χ4n) is 2.13. The van der Waals surface area contributed by atoms with Gasteiger partial charge in [-0.05, 0) is 32.5 Å². The van der Waals surface area contributed by atoms with E-state index in [4.69, 9.17) is 9.47 Å². The molecule has 0 amide bonds. The van der Waals surface area contributed by atoms with Gasteiger partial charge in [-0.25, -0.2) is 0 Å². The summed E-state index contributed by atoms with van der Waals surface area (Å²) in [4.78, 5) is 0. The Balaban J connectivity index is 1.91. The third-order valence-electron chi connectivity index (χ3n) is 3.47. The molecule has 0 bridgehead atoms. The molecule has 0 fully saturated rings. The van der Waals surface area contributed by atoms with Crippen molar-refractivity contribution in [3.8, 4) is 5.75 Å². The highest BCUT2D eigenvalue weighted by molar-refractivity contribution is 5.38. The number of benzene rings is 2. The van der Waals surface area contributed by atoms with Gasteiger partial charge < -0.3 is 14.8 Å². The molecule has 0 aliphatic heterocycles. The van der Waals surface area contributed by atoms with E-state index in [9.17, 15) is 0 Å². The third kappa shape index (κ3) is 4.59. The Morgan fingerprint density at radius 3 is 2.57 bits per heavy atom. The molecule has 3 nitrogen and oxygen atoms in total. The fourth-order valence-corrected chi connectivity index (χ4v) is 2.13. The highest BCUT2D eigenvalue weighted by Gasteiger charge is 2.10. The van der Waals surface area contributed by atoms with Crippen LogP contribution in [-0.2, 0) is 11.3 Å². The number of ether oxygens (including phenoxy) is 2. The second-order valence-corrected chi connectivity index (χ2v) is 5.15. The molecule has 0 aliphatic carbocycles. The molecule has 0 radical (unpaired) electrons. The van der Waals surface area contributed by atoms with Crippen molar-refractivity contribution in [3.05, 3.63) is 65.2 Å². The molecular weight excluding hydrogens is 262 g/mol. The maximum Gasteiger partial charge on any atom is 0.189 e. The zero-order valence-electron chi connectivity index (χ0n) is 12.9. The number of hydrogen-bond donors (Lipinski definition) is 1. The summed E-state index contributed by atoms with van der Waals surface area (Å²) in [5.74, 6) is 0.871. The van der Waals surface area contributed by atoms with E-state index in [1.165, 1.54) is 5.56 Å². The van der Waals surface area contributed by atoms with E-state index in [1.807, 2.05) is 43.4 Å². The van der Waals surface area contributed by atoms with Crippen LogP contribution in [0, 0.1) is 6.92 Å². The van der Waals surface area contributed by atoms with Crippen molar-refractivity contribution in [3.63, 3.8) is 0 Å². The predicted molar refractivity (Wildman–Crippen MR) is 85.4 cm³/mol. The first-order valence-electron chi connectivity index (χ1n) is 7.23. The van der Waals surface area contributed by atoms with Gasteiger partial charge >= 0.3 is 0 Å². The van der Waals surface area contributed by atoms with Crippen molar-refractivity contribution in [1.29, 1.82) is 0 Å². The highest BCUT2D eigenvalue weighted by atomic mass is 16.7. The monoisotopic (exact) mass is 285 g/mol. The molecule has 1 N–H and O–H groups in total. The number of aryl methyl sites for hydroxylation is 1. The summed E-state index contributed by atoms with van der Waals surface area (Å²) >= 11 is 0. The van der Waals surface area contributed by atoms with E-state index in [0.29, 0.717) is 6.61 Å². The van der Waals surface area contributed by atoms with Gasteiger partial charge in [0.15, 0.2) is 6.79 Å². The largest absolute Gasteiger partial charge is 0.467 e. The average Bonchev–Trinajstić information content (AvgIpc) is 2.53. The molecule has 0 heterocycles. The number of nitrogens with one attached hydrogen (secondary N) is 1. The molecule has 0 saturated heterocycles. The molecule has 0 aliphatic rings. The molecule has 1 unspecified atom stereocenters. The average molecular weight is 285 g/mol. The first-order valence-corrected chi connectivity index (χ1v) is 7.23. The zero-order valence-corrected chi connectivity index (χ0v) is 12.9. The SMILES string of the molecule is CNC(C)c1cc(C)ccc1OCOCc1ccccc1. The molecule has 0 spiro atoms. The Labute approximate surface area is 126 Å². The molecule has 1 atom stereocenters. The van der Waals surface area contributed by atoms with E-state index in [2.05, 4.69) is 31.3 Å². The Bertz CT molecular complexity index is 554. The molecular formula is C18H23NO2. The topological polar surface area (TPSA) is 30.5 Å². The molecule has 0 saturated carbocycles. The van der Waals surface area contributed by atoms with Crippen LogP contribution in [0.15, 0.2) is 48.5 Å². The van der Waals surface area contributed by atoms with Crippen LogP contribution in [0.25, 0.3) is 0 Å². The first-order chi connectivity index (χ1) is 10.2. The summed E-state index contributed by atoms with van der Waals surface area (Å²) in [7, 11) is 1.95. The molecule has 0 aromatic heterocycles. The van der Waals surface area contributed by atoms with Crippen LogP contribution in [0.3, 0.4) is 0 Å². The molecule has 3 heteroatoms. The number of hydrogen-bond acceptors (Lipinski definition) is 3. The first kappa shape index (κ1) is 15.5. The van der Waals surface area contributed by atoms with Crippen molar-refractivity contribution in [2.45, 2.75) is 26.5 Å². The summed E-state index contributed by atoms with van der Waals surface area (Å²) in [6.07, 6.45) is 0. The van der Waals surface area contributed by atoms with Gasteiger partial charge in [0, 0.05) is 11.6 Å². The van der Waals surface area contributed by atoms with Gasteiger partial charge in [-0.2, -0.15) is 0 Å². The quantitative estimate of drug-likeness (QED) is 0.619. The molecule has 112 valence electrons. The Morgan fingerprint density at radius 2 is 1.86 bits per heavy atom. The summed E-state index contributed by atoms with van der Waals surface area (Å²) in [5.41, 5.74) is 3.53. The summed E-state index contributed by atoms with van der Waals surface area (Å²) in [6.45, 7) is 5.01. The van der Waals surface area contributed by atoms with E-state index in [-0.39, 0.29) is 12.8 Å². The fraction of sp³-hybridized carbons (Fsp3) is 0.333. The summed E-state index contributed by atoms with van der Waals surface area (Å²) in [6, 6.07) is 16.5. The number of rotatable bonds is 7. The van der Waals surface area contributed by atoms with E-state index in [0.717, 1.165) is 16.9 Å². The highest BCUT2D eigenvalue weighted by Crippen LogP contribution is 2.26. The lowest BCUT2D eigenvalue weighted by Gasteiger charge is -2.17. The van der Waals surface area contributed by atoms with Crippen LogP contribution >= 0.6 is 0 Å². The van der Waals surface area contributed by atoms with Crippen molar-refractivity contribution in [2.75, 3.05) is 13.8 Å². The smallest absolute Gasteiger partial charge is 0.189 e. The van der Waals surface area contributed by atoms with Crippen LogP contribution < -0.4 is 10.1 Å². The lowest BCUT2D eigenvalue weighted by molar-refractivity contribution is 0.00433. The molecule has 2 aromatic rings. The van der Waals surface area contributed by atoms with Crippen LogP contribution in [0.1, 0.15) is 29.7 Å². The third-order valence-corrected chi connectivity index (χ3v) is 3.47. The second-order valence-electron chi connectivity index (χ2n) is 5.15. The Kier molecular flexibility index (Phi) is 5.78. The van der Waals surface area contributed by atoms with Gasteiger partial charge in [0.2, 0.25) is 0 Å². The maximum atomic E-state index is 5.77. The van der Waals surface area contributed by atoms with Crippen molar-refractivity contribution < 1.29 is 9.47 Å². The minimum Gasteiger partial charge on any atom is -0.467 e. The minimum absolute atomic E-state index is 0.244. The van der Waals surface area contributed by atoms with Crippen LogP contribution in [0.5, 0.6) is 5.75 Å². The molecule has 2 aromatic carbocycles. The predicted octanol–water partition coefficient (Wildman–Crippen LogP) is 3.83. The summed E-state index contributed by atoms with van der Waals surface area (Å²) in [5, 5.41) is 3.24. The Morgan fingerprint density at radius 1 is 1.10 bits per heavy atom. The minimum atomic E-state index is 0.244. The standard InChI is InChI=1S/C18H23NO2/c1-14-9-10-18(17(11-14)15(2)19-3)21-13-20-12-16-7-5-4-6-8-16/h4-11,15,19H,12-13H2,1-3H3. The van der Waals surface area contributed by atoms with Gasteiger partial charge in [0.1, 0.15) is 5.75 Å².